The normalized spacial score (nSPS) is 26.5. The molecule has 162 valence electrons. The minimum absolute atomic E-state index is 0.140. The number of hydrogen-bond donors (Lipinski definition) is 2. The van der Waals surface area contributed by atoms with Crippen molar-refractivity contribution in [3.05, 3.63) is 47.0 Å². The quantitative estimate of drug-likeness (QED) is 0.728. The zero-order valence-corrected chi connectivity index (χ0v) is 18.7. The fourth-order valence-electron chi connectivity index (χ4n) is 5.08. The first-order valence-corrected chi connectivity index (χ1v) is 11.5. The molecule has 0 aromatic heterocycles. The largest absolute Gasteiger partial charge is 0.495 e. The molecule has 0 radical (unpaired) electrons. The maximum absolute atomic E-state index is 13.6. The van der Waals surface area contributed by atoms with Crippen molar-refractivity contribution in [3.8, 4) is 11.5 Å². The van der Waals surface area contributed by atoms with Crippen LogP contribution in [-0.4, -0.2) is 48.6 Å². The Morgan fingerprint density at radius 2 is 2.03 bits per heavy atom. The molecule has 3 heterocycles. The summed E-state index contributed by atoms with van der Waals surface area (Å²) in [6.45, 7) is 0. The average molecular weight is 460 g/mol. The van der Waals surface area contributed by atoms with Gasteiger partial charge in [-0.05, 0) is 18.6 Å². The van der Waals surface area contributed by atoms with Crippen LogP contribution in [0.25, 0.3) is 0 Å². The molecule has 7 nitrogen and oxygen atoms in total. The van der Waals surface area contributed by atoms with Crippen molar-refractivity contribution < 1.29 is 19.1 Å². The van der Waals surface area contributed by atoms with Crippen molar-refractivity contribution in [1.82, 2.24) is 4.90 Å². The Balaban J connectivity index is 1.55. The number of hydrogen-bond acceptors (Lipinski definition) is 6. The number of benzene rings is 2. The van der Waals surface area contributed by atoms with Crippen LogP contribution in [0.4, 0.5) is 11.4 Å². The van der Waals surface area contributed by atoms with Gasteiger partial charge in [-0.1, -0.05) is 29.8 Å². The third-order valence-corrected chi connectivity index (χ3v) is 7.80. The minimum Gasteiger partial charge on any atom is -0.495 e. The topological polar surface area (TPSA) is 79.9 Å². The number of rotatable bonds is 4. The monoisotopic (exact) mass is 459 g/mol. The Morgan fingerprint density at radius 3 is 2.81 bits per heavy atom. The Bertz CT molecular complexity index is 1080. The first kappa shape index (κ1) is 20.5. The van der Waals surface area contributed by atoms with Gasteiger partial charge in [-0.15, -0.1) is 11.8 Å². The number of nitrogens with one attached hydrogen (secondary N) is 2. The number of methoxy groups -OCH3 is 2. The molecule has 2 saturated heterocycles. The molecular formula is C22H22ClN3O4S. The molecule has 3 atom stereocenters. The highest BCUT2D eigenvalue weighted by molar-refractivity contribution is 7.99. The molecule has 2 amide bonds. The molecule has 1 spiro atoms. The molecule has 0 saturated carbocycles. The lowest BCUT2D eigenvalue weighted by atomic mass is 9.79. The number of carbonyl (C=O) groups is 2. The molecule has 9 heteroatoms. The third-order valence-electron chi connectivity index (χ3n) is 6.43. The first-order valence-electron chi connectivity index (χ1n) is 9.98. The van der Waals surface area contributed by atoms with Crippen molar-refractivity contribution in [2.45, 2.75) is 18.0 Å². The van der Waals surface area contributed by atoms with Gasteiger partial charge in [0.1, 0.15) is 17.0 Å². The number of amides is 2. The molecule has 0 aliphatic carbocycles. The SMILES string of the molecule is COc1cc(OC)c(NC(=O)[C@@H]2C[C@@H]3CSCN3[C@@]23C(=O)Nc2ccccc23)cc1Cl. The standard InChI is InChI=1S/C22H22ClN3O4S/c1-29-18-9-19(30-2)17(8-15(18)23)24-20(27)14-7-12-10-31-11-26(12)22(14)13-5-3-4-6-16(13)25-21(22)28/h3-6,8-9,12,14H,7,10-11H2,1-2H3,(H,24,27)(H,25,28)/t12-,14+,22-/m1/s1. The summed E-state index contributed by atoms with van der Waals surface area (Å²) in [7, 11) is 3.03. The highest BCUT2D eigenvalue weighted by Crippen LogP contribution is 2.55. The maximum atomic E-state index is 13.6. The molecule has 0 unspecified atom stereocenters. The van der Waals surface area contributed by atoms with E-state index in [0.29, 0.717) is 34.5 Å². The van der Waals surface area contributed by atoms with E-state index in [2.05, 4.69) is 15.5 Å². The molecule has 3 aliphatic rings. The van der Waals surface area contributed by atoms with Crippen molar-refractivity contribution >= 4 is 46.6 Å². The highest BCUT2D eigenvalue weighted by Gasteiger charge is 2.65. The number of anilines is 2. The van der Waals surface area contributed by atoms with E-state index in [4.69, 9.17) is 21.1 Å². The van der Waals surface area contributed by atoms with Crippen LogP contribution in [0.15, 0.2) is 36.4 Å². The number of halogens is 1. The zero-order valence-electron chi connectivity index (χ0n) is 17.1. The van der Waals surface area contributed by atoms with Crippen LogP contribution in [0.2, 0.25) is 5.02 Å². The van der Waals surface area contributed by atoms with Crippen LogP contribution in [-0.2, 0) is 15.1 Å². The molecule has 31 heavy (non-hydrogen) atoms. The lowest BCUT2D eigenvalue weighted by Gasteiger charge is -2.36. The predicted octanol–water partition coefficient (Wildman–Crippen LogP) is 3.54. The molecule has 2 fully saturated rings. The van der Waals surface area contributed by atoms with E-state index in [0.717, 1.165) is 17.0 Å². The molecule has 0 bridgehead atoms. The van der Waals surface area contributed by atoms with Crippen LogP contribution in [0.3, 0.4) is 0 Å². The Labute approximate surface area is 189 Å². The third kappa shape index (κ3) is 2.92. The van der Waals surface area contributed by atoms with Gasteiger partial charge < -0.3 is 20.1 Å². The number of fused-ring (bicyclic) bond motifs is 4. The van der Waals surface area contributed by atoms with Gasteiger partial charge >= 0.3 is 0 Å². The van der Waals surface area contributed by atoms with E-state index >= 15 is 0 Å². The number of nitrogens with zero attached hydrogens (tertiary/aromatic N) is 1. The van der Waals surface area contributed by atoms with Crippen LogP contribution in [0, 0.1) is 5.92 Å². The second-order valence-electron chi connectivity index (χ2n) is 7.85. The van der Waals surface area contributed by atoms with E-state index in [1.807, 2.05) is 24.3 Å². The van der Waals surface area contributed by atoms with Gasteiger partial charge in [-0.3, -0.25) is 14.5 Å². The Kier molecular flexibility index (Phi) is 5.03. The minimum atomic E-state index is -1.02. The molecule has 5 rings (SSSR count). The van der Waals surface area contributed by atoms with E-state index in [-0.39, 0.29) is 17.9 Å². The van der Waals surface area contributed by atoms with E-state index < -0.39 is 11.5 Å². The average Bonchev–Trinajstić information content (AvgIpc) is 3.42. The van der Waals surface area contributed by atoms with Gasteiger partial charge in [0.2, 0.25) is 11.8 Å². The predicted molar refractivity (Wildman–Crippen MR) is 121 cm³/mol. The van der Waals surface area contributed by atoms with E-state index in [1.54, 1.807) is 23.9 Å². The van der Waals surface area contributed by atoms with Crippen molar-refractivity contribution in [3.63, 3.8) is 0 Å². The van der Waals surface area contributed by atoms with Crippen molar-refractivity contribution in [1.29, 1.82) is 0 Å². The summed E-state index contributed by atoms with van der Waals surface area (Å²) >= 11 is 8.08. The van der Waals surface area contributed by atoms with Crippen molar-refractivity contribution in [2.24, 2.45) is 5.92 Å². The van der Waals surface area contributed by atoms with E-state index in [9.17, 15) is 9.59 Å². The summed E-state index contributed by atoms with van der Waals surface area (Å²) in [4.78, 5) is 29.3. The smallest absolute Gasteiger partial charge is 0.250 e. The van der Waals surface area contributed by atoms with Crippen LogP contribution >= 0.6 is 23.4 Å². The van der Waals surface area contributed by atoms with Crippen LogP contribution in [0.5, 0.6) is 11.5 Å². The van der Waals surface area contributed by atoms with Crippen LogP contribution in [0.1, 0.15) is 12.0 Å². The fraction of sp³-hybridized carbons (Fsp3) is 0.364. The Morgan fingerprint density at radius 1 is 1.26 bits per heavy atom. The van der Waals surface area contributed by atoms with Gasteiger partial charge in [-0.2, -0.15) is 0 Å². The fourth-order valence-corrected chi connectivity index (χ4v) is 6.63. The summed E-state index contributed by atoms with van der Waals surface area (Å²) in [6, 6.07) is 11.1. The van der Waals surface area contributed by atoms with E-state index in [1.165, 1.54) is 14.2 Å². The molecular weight excluding hydrogens is 438 g/mol. The summed E-state index contributed by atoms with van der Waals surface area (Å²) in [5.41, 5.74) is 1.07. The number of ether oxygens (including phenoxy) is 2. The second kappa shape index (κ2) is 7.62. The second-order valence-corrected chi connectivity index (χ2v) is 9.26. The summed E-state index contributed by atoms with van der Waals surface area (Å²) in [6.07, 6.45) is 0.604. The number of thioether (sulfide) groups is 1. The molecule has 3 aliphatic heterocycles. The molecule has 2 aromatic carbocycles. The Hall–Kier alpha value is -2.42. The summed E-state index contributed by atoms with van der Waals surface area (Å²) in [5, 5.41) is 6.34. The maximum Gasteiger partial charge on any atom is 0.250 e. The van der Waals surface area contributed by atoms with Gasteiger partial charge in [0.15, 0.2) is 0 Å². The zero-order chi connectivity index (χ0) is 21.8. The van der Waals surface area contributed by atoms with Crippen LogP contribution < -0.4 is 20.1 Å². The van der Waals surface area contributed by atoms with Crippen molar-refractivity contribution in [2.75, 3.05) is 36.5 Å². The highest BCUT2D eigenvalue weighted by atomic mass is 35.5. The lowest BCUT2D eigenvalue weighted by Crippen LogP contribution is -2.53. The number of carbonyl (C=O) groups excluding carboxylic acids is 2. The molecule has 2 aromatic rings. The first-order chi connectivity index (χ1) is 15.0. The van der Waals surface area contributed by atoms with Gasteiger partial charge in [0.25, 0.3) is 0 Å². The lowest BCUT2D eigenvalue weighted by molar-refractivity contribution is -0.134. The van der Waals surface area contributed by atoms with Gasteiger partial charge in [0.05, 0.1) is 30.8 Å². The summed E-state index contributed by atoms with van der Waals surface area (Å²) in [5.74, 6) is 1.59. The summed E-state index contributed by atoms with van der Waals surface area (Å²) < 4.78 is 10.7. The molecule has 2 N–H and O–H groups in total. The number of para-hydroxylation sites is 1. The van der Waals surface area contributed by atoms with Gasteiger partial charge in [-0.25, -0.2) is 0 Å². The van der Waals surface area contributed by atoms with Gasteiger partial charge in [0, 0.05) is 35.0 Å².